The molecule has 1 aliphatic carbocycles. The van der Waals surface area contributed by atoms with Gasteiger partial charge < -0.3 is 16.2 Å². The Morgan fingerprint density at radius 3 is 2.89 bits per heavy atom. The molecule has 0 spiro atoms. The van der Waals surface area contributed by atoms with Crippen LogP contribution in [-0.2, 0) is 0 Å². The van der Waals surface area contributed by atoms with Gasteiger partial charge in [0.25, 0.3) is 5.91 Å². The van der Waals surface area contributed by atoms with E-state index in [0.29, 0.717) is 11.3 Å². The van der Waals surface area contributed by atoms with Crippen LogP contribution in [0.1, 0.15) is 36.0 Å². The lowest BCUT2D eigenvalue weighted by Crippen LogP contribution is -2.43. The van der Waals surface area contributed by atoms with E-state index in [-0.39, 0.29) is 24.5 Å². The van der Waals surface area contributed by atoms with Crippen LogP contribution >= 0.6 is 15.9 Å². The largest absolute Gasteiger partial charge is 0.399 e. The topological polar surface area (TPSA) is 75.4 Å². The standard InChI is InChI=1S/C14H19BrN2O2/c15-12-6-5-10(16)7-11(12)14(19)17-13-4-2-1-3-9(13)8-18/h5-7,9,13,18H,1-4,8,16H2,(H,17,19). The van der Waals surface area contributed by atoms with Crippen molar-refractivity contribution in [2.24, 2.45) is 5.92 Å². The number of anilines is 1. The van der Waals surface area contributed by atoms with Crippen molar-refractivity contribution in [3.63, 3.8) is 0 Å². The lowest BCUT2D eigenvalue weighted by atomic mass is 9.85. The van der Waals surface area contributed by atoms with Gasteiger partial charge >= 0.3 is 0 Å². The van der Waals surface area contributed by atoms with Crippen molar-refractivity contribution >= 4 is 27.5 Å². The van der Waals surface area contributed by atoms with E-state index in [9.17, 15) is 9.90 Å². The fourth-order valence-corrected chi connectivity index (χ4v) is 3.01. The molecule has 1 amide bonds. The number of hydrogen-bond donors (Lipinski definition) is 3. The molecule has 1 fully saturated rings. The third kappa shape index (κ3) is 3.48. The molecular weight excluding hydrogens is 308 g/mol. The van der Waals surface area contributed by atoms with Crippen molar-refractivity contribution in [1.82, 2.24) is 5.32 Å². The van der Waals surface area contributed by atoms with E-state index < -0.39 is 0 Å². The maximum Gasteiger partial charge on any atom is 0.252 e. The van der Waals surface area contributed by atoms with E-state index >= 15 is 0 Å². The molecular formula is C14H19BrN2O2. The Hall–Kier alpha value is -1.07. The van der Waals surface area contributed by atoms with Gasteiger partial charge in [-0.15, -0.1) is 0 Å². The Balaban J connectivity index is 2.09. The maximum absolute atomic E-state index is 12.3. The van der Waals surface area contributed by atoms with E-state index in [1.807, 2.05) is 0 Å². The van der Waals surface area contributed by atoms with E-state index in [1.54, 1.807) is 18.2 Å². The summed E-state index contributed by atoms with van der Waals surface area (Å²) in [6, 6.07) is 5.24. The van der Waals surface area contributed by atoms with Gasteiger partial charge in [0, 0.05) is 28.7 Å². The van der Waals surface area contributed by atoms with E-state index in [0.717, 1.165) is 30.2 Å². The molecule has 0 bridgehead atoms. The molecule has 0 heterocycles. The molecule has 4 nitrogen and oxygen atoms in total. The van der Waals surface area contributed by atoms with Crippen molar-refractivity contribution in [3.05, 3.63) is 28.2 Å². The predicted molar refractivity (Wildman–Crippen MR) is 78.9 cm³/mol. The van der Waals surface area contributed by atoms with E-state index in [2.05, 4.69) is 21.2 Å². The molecule has 5 heteroatoms. The van der Waals surface area contributed by atoms with Gasteiger partial charge in [-0.05, 0) is 47.0 Å². The first-order valence-corrected chi connectivity index (χ1v) is 7.38. The number of rotatable bonds is 3. The Morgan fingerprint density at radius 1 is 1.42 bits per heavy atom. The Bertz CT molecular complexity index is 465. The number of hydrogen-bond acceptors (Lipinski definition) is 3. The van der Waals surface area contributed by atoms with Gasteiger partial charge in [0.1, 0.15) is 0 Å². The first-order chi connectivity index (χ1) is 9.11. The molecule has 0 aliphatic heterocycles. The normalized spacial score (nSPS) is 23.1. The van der Waals surface area contributed by atoms with Crippen LogP contribution in [0.5, 0.6) is 0 Å². The number of nitrogen functional groups attached to an aromatic ring is 1. The zero-order chi connectivity index (χ0) is 13.8. The van der Waals surface area contributed by atoms with Gasteiger partial charge in [0.05, 0.1) is 5.56 Å². The number of nitrogens with one attached hydrogen (secondary N) is 1. The van der Waals surface area contributed by atoms with E-state index in [4.69, 9.17) is 5.73 Å². The molecule has 1 aromatic rings. The molecule has 19 heavy (non-hydrogen) atoms. The SMILES string of the molecule is Nc1ccc(Br)c(C(=O)NC2CCCCC2CO)c1. The highest BCUT2D eigenvalue weighted by molar-refractivity contribution is 9.10. The number of aliphatic hydroxyl groups excluding tert-OH is 1. The molecule has 2 rings (SSSR count). The molecule has 0 radical (unpaired) electrons. The Morgan fingerprint density at radius 2 is 2.16 bits per heavy atom. The second-order valence-electron chi connectivity index (χ2n) is 5.05. The second-order valence-corrected chi connectivity index (χ2v) is 5.90. The Labute approximate surface area is 121 Å². The van der Waals surface area contributed by atoms with Crippen LogP contribution in [0.25, 0.3) is 0 Å². The third-order valence-corrected chi connectivity index (χ3v) is 4.39. The number of benzene rings is 1. The summed E-state index contributed by atoms with van der Waals surface area (Å²) in [4.78, 5) is 12.3. The fourth-order valence-electron chi connectivity index (χ4n) is 2.58. The number of amides is 1. The Kier molecular flexibility index (Phi) is 4.82. The molecule has 104 valence electrons. The predicted octanol–water partition coefficient (Wildman–Crippen LogP) is 2.31. The zero-order valence-corrected chi connectivity index (χ0v) is 12.3. The molecule has 4 N–H and O–H groups in total. The summed E-state index contributed by atoms with van der Waals surface area (Å²) in [6.07, 6.45) is 4.12. The van der Waals surface area contributed by atoms with Crippen molar-refractivity contribution in [2.75, 3.05) is 12.3 Å². The highest BCUT2D eigenvalue weighted by Gasteiger charge is 2.26. The van der Waals surface area contributed by atoms with Gasteiger partial charge in [-0.25, -0.2) is 0 Å². The van der Waals surface area contributed by atoms with Crippen molar-refractivity contribution < 1.29 is 9.90 Å². The lowest BCUT2D eigenvalue weighted by molar-refractivity contribution is 0.0872. The van der Waals surface area contributed by atoms with Gasteiger partial charge in [-0.3, -0.25) is 4.79 Å². The molecule has 0 aromatic heterocycles. The summed E-state index contributed by atoms with van der Waals surface area (Å²) in [5.74, 6) is 0.0297. The van der Waals surface area contributed by atoms with Crippen molar-refractivity contribution in [1.29, 1.82) is 0 Å². The molecule has 2 atom stereocenters. The summed E-state index contributed by atoms with van der Waals surface area (Å²) >= 11 is 3.36. The molecule has 1 aliphatic rings. The first kappa shape index (κ1) is 14.3. The number of carbonyl (C=O) groups is 1. The molecule has 1 aromatic carbocycles. The average Bonchev–Trinajstić information content (AvgIpc) is 2.42. The van der Waals surface area contributed by atoms with E-state index in [1.165, 1.54) is 0 Å². The smallest absolute Gasteiger partial charge is 0.252 e. The summed E-state index contributed by atoms with van der Waals surface area (Å²) in [6.45, 7) is 0.128. The molecule has 0 saturated heterocycles. The minimum atomic E-state index is -0.135. The highest BCUT2D eigenvalue weighted by Crippen LogP contribution is 2.25. The number of halogens is 1. The summed E-state index contributed by atoms with van der Waals surface area (Å²) in [7, 11) is 0. The van der Waals surface area contributed by atoms with Gasteiger partial charge in [0.2, 0.25) is 0 Å². The van der Waals surface area contributed by atoms with Crippen LogP contribution in [0.4, 0.5) is 5.69 Å². The van der Waals surface area contributed by atoms with Crippen LogP contribution in [0.15, 0.2) is 22.7 Å². The van der Waals surface area contributed by atoms with Gasteiger partial charge in [-0.2, -0.15) is 0 Å². The molecule has 2 unspecified atom stereocenters. The van der Waals surface area contributed by atoms with Gasteiger partial charge in [-0.1, -0.05) is 12.8 Å². The number of carbonyl (C=O) groups excluding carboxylic acids is 1. The minimum Gasteiger partial charge on any atom is -0.399 e. The lowest BCUT2D eigenvalue weighted by Gasteiger charge is -2.31. The third-order valence-electron chi connectivity index (χ3n) is 3.70. The second kappa shape index (κ2) is 6.39. The number of nitrogens with two attached hydrogens (primary N) is 1. The number of aliphatic hydroxyl groups is 1. The van der Waals surface area contributed by atoms with Gasteiger partial charge in [0.15, 0.2) is 0 Å². The quantitative estimate of drug-likeness (QED) is 0.746. The summed E-state index contributed by atoms with van der Waals surface area (Å²) < 4.78 is 0.732. The van der Waals surface area contributed by atoms with Crippen molar-refractivity contribution in [3.8, 4) is 0 Å². The van der Waals surface area contributed by atoms with Crippen LogP contribution in [0, 0.1) is 5.92 Å². The average molecular weight is 327 g/mol. The van der Waals surface area contributed by atoms with Crippen molar-refractivity contribution in [2.45, 2.75) is 31.7 Å². The van der Waals surface area contributed by atoms with Crippen LogP contribution in [-0.4, -0.2) is 23.7 Å². The zero-order valence-electron chi connectivity index (χ0n) is 10.7. The summed E-state index contributed by atoms with van der Waals surface area (Å²) in [5, 5.41) is 12.4. The van der Waals surface area contributed by atoms with Crippen LogP contribution in [0.3, 0.4) is 0 Å². The minimum absolute atomic E-state index is 0.0552. The maximum atomic E-state index is 12.3. The first-order valence-electron chi connectivity index (χ1n) is 6.58. The monoisotopic (exact) mass is 326 g/mol. The fraction of sp³-hybridized carbons (Fsp3) is 0.500. The highest BCUT2D eigenvalue weighted by atomic mass is 79.9. The van der Waals surface area contributed by atoms with Crippen LogP contribution in [0.2, 0.25) is 0 Å². The summed E-state index contributed by atoms with van der Waals surface area (Å²) in [5.41, 5.74) is 6.82. The van der Waals surface area contributed by atoms with Crippen LogP contribution < -0.4 is 11.1 Å². The molecule has 1 saturated carbocycles.